The highest BCUT2D eigenvalue weighted by molar-refractivity contribution is 8.17. The van der Waals surface area contributed by atoms with Crippen molar-refractivity contribution in [2.75, 3.05) is 10.0 Å². The zero-order valence-electron chi connectivity index (χ0n) is 22.5. The number of benzene rings is 4. The van der Waals surface area contributed by atoms with Crippen LogP contribution in [0.5, 0.6) is 0 Å². The molecular formula is C33H30N4OS. The van der Waals surface area contributed by atoms with Crippen LogP contribution in [0.3, 0.4) is 0 Å². The van der Waals surface area contributed by atoms with Crippen LogP contribution in [0.4, 0.5) is 11.4 Å². The summed E-state index contributed by atoms with van der Waals surface area (Å²) in [6.45, 7) is 8.23. The Balaban J connectivity index is 1.62. The average molecular weight is 531 g/mol. The number of carbonyl (C=O) groups excluding carboxylic acids is 1. The topological polar surface area (TPSA) is 48.3 Å². The summed E-state index contributed by atoms with van der Waals surface area (Å²) in [6.07, 6.45) is 0. The van der Waals surface area contributed by atoms with Crippen molar-refractivity contribution in [2.45, 2.75) is 38.1 Å². The molecule has 0 amide bonds. The maximum atomic E-state index is 12.8. The number of Topliss-reactive ketones (excluding diaryl/α,β-unsaturated/α-hetero) is 1. The van der Waals surface area contributed by atoms with Crippen LogP contribution in [-0.2, 0) is 15.2 Å². The number of anilines is 2. The van der Waals surface area contributed by atoms with Crippen molar-refractivity contribution in [1.29, 1.82) is 0 Å². The van der Waals surface area contributed by atoms with Crippen LogP contribution in [0, 0.1) is 0 Å². The van der Waals surface area contributed by atoms with Gasteiger partial charge in [0.05, 0.1) is 17.1 Å². The predicted molar refractivity (Wildman–Crippen MR) is 162 cm³/mol. The van der Waals surface area contributed by atoms with Crippen molar-refractivity contribution < 1.29 is 4.79 Å². The molecule has 0 aromatic heterocycles. The molecule has 0 radical (unpaired) electrons. The van der Waals surface area contributed by atoms with E-state index in [4.69, 9.17) is 10.2 Å². The van der Waals surface area contributed by atoms with Crippen LogP contribution in [0.1, 0.15) is 49.9 Å². The second-order valence-electron chi connectivity index (χ2n) is 10.8. The van der Waals surface area contributed by atoms with Crippen LogP contribution in [0.2, 0.25) is 0 Å². The molecule has 0 unspecified atom stereocenters. The van der Waals surface area contributed by atoms with Crippen molar-refractivity contribution in [1.82, 2.24) is 0 Å². The normalized spacial score (nSPS) is 18.6. The third kappa shape index (κ3) is 4.25. The molecule has 0 bridgehead atoms. The molecule has 0 saturated heterocycles. The summed E-state index contributed by atoms with van der Waals surface area (Å²) in [7, 11) is 0. The summed E-state index contributed by atoms with van der Waals surface area (Å²) in [5.41, 5.74) is 7.07. The number of hydrazone groups is 2. The number of hydrogen-bond acceptors (Lipinski definition) is 6. The lowest BCUT2D eigenvalue weighted by molar-refractivity contribution is -0.110. The minimum absolute atomic E-state index is 0.0576. The number of carbonyl (C=O) groups is 1. The molecule has 5 nitrogen and oxygen atoms in total. The lowest BCUT2D eigenvalue weighted by Crippen LogP contribution is -2.54. The van der Waals surface area contributed by atoms with Crippen LogP contribution in [-0.4, -0.2) is 16.5 Å². The highest BCUT2D eigenvalue weighted by Gasteiger charge is 2.55. The molecule has 2 aliphatic rings. The van der Waals surface area contributed by atoms with E-state index in [-0.39, 0.29) is 11.2 Å². The van der Waals surface area contributed by atoms with Crippen molar-refractivity contribution in [3.8, 4) is 0 Å². The molecule has 2 heterocycles. The fourth-order valence-electron chi connectivity index (χ4n) is 5.06. The first-order valence-electron chi connectivity index (χ1n) is 13.1. The fourth-order valence-corrected chi connectivity index (χ4v) is 6.35. The molecular weight excluding hydrogens is 500 g/mol. The number of rotatable bonds is 4. The molecule has 4 aromatic rings. The van der Waals surface area contributed by atoms with E-state index in [2.05, 4.69) is 69.3 Å². The highest BCUT2D eigenvalue weighted by atomic mass is 32.2. The van der Waals surface area contributed by atoms with Gasteiger partial charge >= 0.3 is 0 Å². The summed E-state index contributed by atoms with van der Waals surface area (Å²) in [5, 5.41) is 14.7. The lowest BCUT2D eigenvalue weighted by Gasteiger charge is -2.47. The smallest absolute Gasteiger partial charge is 0.234 e. The van der Waals surface area contributed by atoms with Gasteiger partial charge in [0.2, 0.25) is 4.99 Å². The van der Waals surface area contributed by atoms with Gasteiger partial charge in [-0.25, -0.2) is 10.0 Å². The summed E-state index contributed by atoms with van der Waals surface area (Å²) in [6, 6.07) is 37.1. The van der Waals surface area contributed by atoms with Crippen molar-refractivity contribution in [3.63, 3.8) is 0 Å². The van der Waals surface area contributed by atoms with Crippen LogP contribution in [0.15, 0.2) is 119 Å². The number of hydrogen-bond donors (Lipinski definition) is 0. The molecule has 0 saturated carbocycles. The van der Waals surface area contributed by atoms with E-state index in [0.717, 1.165) is 33.8 Å². The van der Waals surface area contributed by atoms with Crippen LogP contribution < -0.4 is 10.0 Å². The van der Waals surface area contributed by atoms with E-state index in [9.17, 15) is 4.79 Å². The Kier molecular flexibility index (Phi) is 6.15. The van der Waals surface area contributed by atoms with Gasteiger partial charge in [-0.05, 0) is 47.0 Å². The van der Waals surface area contributed by atoms with Gasteiger partial charge in [0.25, 0.3) is 0 Å². The quantitative estimate of drug-likeness (QED) is 0.274. The maximum Gasteiger partial charge on any atom is 0.234 e. The monoisotopic (exact) mass is 530 g/mol. The van der Waals surface area contributed by atoms with Gasteiger partial charge < -0.3 is 0 Å². The average Bonchev–Trinajstić information content (AvgIpc) is 3.35. The minimum Gasteiger partial charge on any atom is -0.292 e. The summed E-state index contributed by atoms with van der Waals surface area (Å²) < 4.78 is 0. The Morgan fingerprint density at radius 1 is 0.718 bits per heavy atom. The zero-order chi connectivity index (χ0) is 27.2. The van der Waals surface area contributed by atoms with Crippen LogP contribution in [0.25, 0.3) is 0 Å². The Hall–Kier alpha value is -4.16. The third-order valence-corrected chi connectivity index (χ3v) is 8.48. The molecule has 4 aromatic carbocycles. The summed E-state index contributed by atoms with van der Waals surface area (Å²) in [5.74, 6) is -0.0733. The number of fused-ring (bicyclic) bond motifs is 2. The van der Waals surface area contributed by atoms with E-state index in [1.165, 1.54) is 17.3 Å². The number of para-hydroxylation sites is 2. The molecule has 194 valence electrons. The summed E-state index contributed by atoms with van der Waals surface area (Å²) in [4.78, 5) is 11.8. The Morgan fingerprint density at radius 2 is 1.26 bits per heavy atom. The molecule has 6 rings (SSSR count). The van der Waals surface area contributed by atoms with Crippen molar-refractivity contribution in [2.24, 2.45) is 10.2 Å². The van der Waals surface area contributed by atoms with Gasteiger partial charge in [0.1, 0.15) is 0 Å². The molecule has 0 fully saturated rings. The second kappa shape index (κ2) is 9.54. The Bertz CT molecular complexity index is 1590. The first-order valence-corrected chi connectivity index (χ1v) is 13.9. The molecule has 1 spiro atoms. The van der Waals surface area contributed by atoms with E-state index in [1.54, 1.807) is 6.92 Å². The fraction of sp³-hybridized carbons (Fsp3) is 0.182. The number of ketones is 1. The largest absolute Gasteiger partial charge is 0.292 e. The second-order valence-corrected chi connectivity index (χ2v) is 11.9. The Labute approximate surface area is 233 Å². The van der Waals surface area contributed by atoms with Gasteiger partial charge in [-0.15, -0.1) is 0 Å². The van der Waals surface area contributed by atoms with Gasteiger partial charge in [-0.1, -0.05) is 106 Å². The predicted octanol–water partition coefficient (Wildman–Crippen LogP) is 7.52. The maximum absolute atomic E-state index is 12.8. The van der Waals surface area contributed by atoms with Crippen molar-refractivity contribution >= 4 is 39.7 Å². The minimum atomic E-state index is -0.935. The van der Waals surface area contributed by atoms with E-state index >= 15 is 0 Å². The van der Waals surface area contributed by atoms with E-state index < -0.39 is 4.99 Å². The number of thioether (sulfide) groups is 1. The molecule has 0 N–H and O–H groups in total. The third-order valence-electron chi connectivity index (χ3n) is 7.06. The summed E-state index contributed by atoms with van der Waals surface area (Å²) >= 11 is 1.44. The Morgan fingerprint density at radius 3 is 1.82 bits per heavy atom. The SMILES string of the molecule is CC(=O)C1=NN(c2ccccc2)[C@]2(S1)c1ccccc1C(c1ccc(C(C)(C)C)cc1)=NN2c1ccccc1. The van der Waals surface area contributed by atoms with Gasteiger partial charge in [-0.3, -0.25) is 4.79 Å². The first kappa shape index (κ1) is 25.1. The lowest BCUT2D eigenvalue weighted by atomic mass is 9.85. The van der Waals surface area contributed by atoms with Gasteiger partial charge in [-0.2, -0.15) is 10.2 Å². The zero-order valence-corrected chi connectivity index (χ0v) is 23.3. The van der Waals surface area contributed by atoms with E-state index in [1.807, 2.05) is 70.7 Å². The highest BCUT2D eigenvalue weighted by Crippen LogP contribution is 2.55. The molecule has 2 aliphatic heterocycles. The van der Waals surface area contributed by atoms with Gasteiger partial charge in [0.15, 0.2) is 10.8 Å². The first-order chi connectivity index (χ1) is 18.8. The molecule has 0 aliphatic carbocycles. The molecule has 1 atom stereocenters. The van der Waals surface area contributed by atoms with Crippen molar-refractivity contribution in [3.05, 3.63) is 131 Å². The van der Waals surface area contributed by atoms with E-state index in [0.29, 0.717) is 5.04 Å². The number of nitrogens with zero attached hydrogens (tertiary/aromatic N) is 4. The van der Waals surface area contributed by atoms with Crippen LogP contribution >= 0.6 is 11.8 Å². The molecule has 39 heavy (non-hydrogen) atoms. The van der Waals surface area contributed by atoms with Gasteiger partial charge in [0, 0.05) is 23.6 Å². The molecule has 6 heteroatoms. The standard InChI is InChI=1S/C33H30N4OS/c1-23(38)31-35-37(27-15-9-6-10-16-27)33(39-31)29-18-12-11-17-28(29)30(34-36(33)26-13-7-5-8-14-26)24-19-21-25(22-20-24)32(2,3)4/h5-22H,1-4H3/t33-/m0/s1.